The second kappa shape index (κ2) is 8.08. The van der Waals surface area contributed by atoms with Gasteiger partial charge in [0.1, 0.15) is 0 Å². The number of alkyl halides is 3. The van der Waals surface area contributed by atoms with Crippen molar-refractivity contribution in [3.63, 3.8) is 0 Å². The average Bonchev–Trinajstić information content (AvgIpc) is 2.41. The molecule has 118 valence electrons. The van der Waals surface area contributed by atoms with Crippen molar-refractivity contribution in [3.8, 4) is 0 Å². The maximum atomic E-state index is 12.6. The van der Waals surface area contributed by atoms with Crippen molar-refractivity contribution < 1.29 is 13.2 Å². The van der Waals surface area contributed by atoms with Crippen LogP contribution in [-0.2, 0) is 0 Å². The van der Waals surface area contributed by atoms with Crippen LogP contribution in [0.3, 0.4) is 0 Å². The summed E-state index contributed by atoms with van der Waals surface area (Å²) in [5.74, 6) is 0. The van der Waals surface area contributed by atoms with E-state index in [0.717, 1.165) is 26.2 Å². The largest absolute Gasteiger partial charge is 0.446 e. The van der Waals surface area contributed by atoms with E-state index in [4.69, 9.17) is 0 Å². The van der Waals surface area contributed by atoms with Crippen LogP contribution in [-0.4, -0.2) is 36.6 Å². The zero-order chi connectivity index (χ0) is 14.6. The van der Waals surface area contributed by atoms with E-state index in [1.807, 2.05) is 0 Å². The van der Waals surface area contributed by atoms with Crippen LogP contribution in [0.2, 0.25) is 0 Å². The summed E-state index contributed by atoms with van der Waals surface area (Å²) >= 11 is -0.0550. The number of benzene rings is 1. The lowest BCUT2D eigenvalue weighted by Gasteiger charge is -2.34. The Bertz CT molecular complexity index is 462. The first kappa shape index (κ1) is 18.4. The number of halogens is 4. The summed E-state index contributed by atoms with van der Waals surface area (Å²) in [6, 6.07) is 6.50. The number of thioether (sulfide) groups is 1. The Morgan fingerprint density at radius 3 is 2.43 bits per heavy atom. The van der Waals surface area contributed by atoms with Crippen LogP contribution in [0, 0.1) is 0 Å². The molecule has 0 saturated carbocycles. The highest BCUT2D eigenvalue weighted by Gasteiger charge is 2.32. The summed E-state index contributed by atoms with van der Waals surface area (Å²) < 4.78 is 37.9. The number of piperazine rings is 1. The van der Waals surface area contributed by atoms with Crippen molar-refractivity contribution in [1.82, 2.24) is 10.2 Å². The van der Waals surface area contributed by atoms with Gasteiger partial charge in [-0.3, -0.25) is 4.90 Å². The summed E-state index contributed by atoms with van der Waals surface area (Å²) in [7, 11) is 0. The summed E-state index contributed by atoms with van der Waals surface area (Å²) in [4.78, 5) is 2.41. The molecular formula is C14H18ClF3N2S. The van der Waals surface area contributed by atoms with Gasteiger partial charge in [0.15, 0.2) is 0 Å². The molecule has 0 unspecified atom stereocenters. The first-order chi connectivity index (χ1) is 9.51. The first-order valence-corrected chi connectivity index (χ1v) is 7.25. The van der Waals surface area contributed by atoms with Gasteiger partial charge in [0, 0.05) is 31.1 Å². The number of nitrogens with one attached hydrogen (secondary N) is 1. The van der Waals surface area contributed by atoms with E-state index in [2.05, 4.69) is 16.8 Å². The molecule has 0 aromatic heterocycles. The summed E-state index contributed by atoms with van der Waals surface area (Å²) in [5, 5.41) is 3.24. The van der Waals surface area contributed by atoms with Crippen LogP contribution in [0.25, 0.3) is 0 Å². The highest BCUT2D eigenvalue weighted by Crippen LogP contribution is 2.41. The lowest BCUT2D eigenvalue weighted by atomic mass is 10.0. The van der Waals surface area contributed by atoms with Crippen LogP contribution in [0.1, 0.15) is 11.6 Å². The van der Waals surface area contributed by atoms with Gasteiger partial charge in [0.2, 0.25) is 0 Å². The van der Waals surface area contributed by atoms with Gasteiger partial charge in [-0.2, -0.15) is 13.2 Å². The van der Waals surface area contributed by atoms with Gasteiger partial charge in [-0.05, 0) is 23.4 Å². The fourth-order valence-electron chi connectivity index (χ4n) is 2.38. The predicted octanol–water partition coefficient (Wildman–Crippen LogP) is 3.85. The Balaban J connectivity index is 0.00000220. The standard InChI is InChI=1S/C14H17F3N2S.ClH/c1-2-12(19-9-7-18-8-10-19)11-5-3-4-6-13(11)20-14(15,16)17;/h2-6,12,18H,1,7-10H2;1H/t12-;/m1./s1. The molecule has 0 radical (unpaired) electrons. The van der Waals surface area contributed by atoms with Crippen LogP contribution in [0.15, 0.2) is 41.8 Å². The van der Waals surface area contributed by atoms with Gasteiger partial charge >= 0.3 is 5.51 Å². The van der Waals surface area contributed by atoms with E-state index < -0.39 is 5.51 Å². The lowest BCUT2D eigenvalue weighted by Crippen LogP contribution is -2.44. The van der Waals surface area contributed by atoms with Crippen molar-refractivity contribution in [2.24, 2.45) is 0 Å². The Morgan fingerprint density at radius 1 is 1.24 bits per heavy atom. The van der Waals surface area contributed by atoms with E-state index >= 15 is 0 Å². The third-order valence-electron chi connectivity index (χ3n) is 3.23. The lowest BCUT2D eigenvalue weighted by molar-refractivity contribution is -0.0328. The molecule has 1 atom stereocenters. The molecule has 1 fully saturated rings. The number of hydrogen-bond donors (Lipinski definition) is 1. The maximum Gasteiger partial charge on any atom is 0.446 e. The van der Waals surface area contributed by atoms with Crippen molar-refractivity contribution in [1.29, 1.82) is 0 Å². The van der Waals surface area contributed by atoms with E-state index in [9.17, 15) is 13.2 Å². The topological polar surface area (TPSA) is 15.3 Å². The fourth-order valence-corrected chi connectivity index (χ4v) is 3.08. The molecule has 1 N–H and O–H groups in total. The highest BCUT2D eigenvalue weighted by atomic mass is 35.5. The molecular weight excluding hydrogens is 321 g/mol. The summed E-state index contributed by atoms with van der Waals surface area (Å²) in [6.45, 7) is 7.10. The van der Waals surface area contributed by atoms with Crippen LogP contribution in [0.5, 0.6) is 0 Å². The fraction of sp³-hybridized carbons (Fsp3) is 0.429. The van der Waals surface area contributed by atoms with Gasteiger partial charge in [0.25, 0.3) is 0 Å². The minimum absolute atomic E-state index is 0. The van der Waals surface area contributed by atoms with E-state index in [0.29, 0.717) is 5.56 Å². The normalized spacial score (nSPS) is 17.9. The maximum absolute atomic E-state index is 12.6. The monoisotopic (exact) mass is 338 g/mol. The molecule has 0 bridgehead atoms. The van der Waals surface area contributed by atoms with Gasteiger partial charge in [-0.1, -0.05) is 24.3 Å². The first-order valence-electron chi connectivity index (χ1n) is 6.43. The van der Waals surface area contributed by atoms with Crippen molar-refractivity contribution >= 4 is 24.2 Å². The third kappa shape index (κ3) is 5.21. The van der Waals surface area contributed by atoms with Crippen LogP contribution >= 0.6 is 24.2 Å². The third-order valence-corrected chi connectivity index (χ3v) is 4.05. The minimum atomic E-state index is -4.27. The second-order valence-corrected chi connectivity index (χ2v) is 5.66. The molecule has 2 nitrogen and oxygen atoms in total. The summed E-state index contributed by atoms with van der Waals surface area (Å²) in [6.07, 6.45) is 1.72. The Morgan fingerprint density at radius 2 is 1.86 bits per heavy atom. The van der Waals surface area contributed by atoms with Crippen LogP contribution in [0.4, 0.5) is 13.2 Å². The molecule has 0 amide bonds. The highest BCUT2D eigenvalue weighted by molar-refractivity contribution is 8.00. The molecule has 21 heavy (non-hydrogen) atoms. The van der Waals surface area contributed by atoms with Gasteiger partial charge in [-0.15, -0.1) is 19.0 Å². The molecule has 0 spiro atoms. The predicted molar refractivity (Wildman–Crippen MR) is 83.0 cm³/mol. The number of nitrogens with zero attached hydrogens (tertiary/aromatic N) is 1. The SMILES string of the molecule is C=C[C@H](c1ccccc1SC(F)(F)F)N1CCNCC1.Cl. The Labute approximate surface area is 133 Å². The smallest absolute Gasteiger partial charge is 0.314 e. The number of hydrogen-bond acceptors (Lipinski definition) is 3. The second-order valence-electron chi connectivity index (χ2n) is 4.55. The number of rotatable bonds is 4. The van der Waals surface area contributed by atoms with Crippen molar-refractivity contribution in [3.05, 3.63) is 42.5 Å². The molecule has 1 aromatic rings. The van der Waals surface area contributed by atoms with Gasteiger partial charge < -0.3 is 5.32 Å². The zero-order valence-electron chi connectivity index (χ0n) is 11.4. The van der Waals surface area contributed by atoms with Gasteiger partial charge in [0.05, 0.1) is 6.04 Å². The quantitative estimate of drug-likeness (QED) is 0.663. The molecule has 1 aliphatic heterocycles. The molecule has 1 heterocycles. The van der Waals surface area contributed by atoms with E-state index in [1.54, 1.807) is 24.3 Å². The molecule has 7 heteroatoms. The molecule has 1 aliphatic rings. The van der Waals surface area contributed by atoms with Crippen molar-refractivity contribution in [2.45, 2.75) is 16.4 Å². The van der Waals surface area contributed by atoms with Crippen molar-refractivity contribution in [2.75, 3.05) is 26.2 Å². The molecule has 2 rings (SSSR count). The molecule has 1 saturated heterocycles. The van der Waals surface area contributed by atoms with E-state index in [1.165, 1.54) is 6.07 Å². The minimum Gasteiger partial charge on any atom is -0.314 e. The summed E-state index contributed by atoms with van der Waals surface area (Å²) in [5.41, 5.74) is -3.60. The molecule has 0 aliphatic carbocycles. The zero-order valence-corrected chi connectivity index (χ0v) is 13.0. The Hall–Kier alpha value is -0.690. The van der Waals surface area contributed by atoms with Crippen LogP contribution < -0.4 is 5.32 Å². The average molecular weight is 339 g/mol. The van der Waals surface area contributed by atoms with E-state index in [-0.39, 0.29) is 35.1 Å². The Kier molecular flexibility index (Phi) is 7.06. The van der Waals surface area contributed by atoms with Gasteiger partial charge in [-0.25, -0.2) is 0 Å². The molecule has 1 aromatic carbocycles.